The predicted molar refractivity (Wildman–Crippen MR) is 108 cm³/mol. The maximum atomic E-state index is 13.0. The van der Waals surface area contributed by atoms with Gasteiger partial charge in [0.2, 0.25) is 15.9 Å². The second-order valence-electron chi connectivity index (χ2n) is 7.66. The Bertz CT molecular complexity index is 901. The third-order valence-corrected chi connectivity index (χ3v) is 7.10. The average molecular weight is 389 g/mol. The van der Waals surface area contributed by atoms with E-state index in [1.807, 2.05) is 30.3 Å². The molecular weight excluding hydrogens is 360 g/mol. The molecule has 2 aromatic rings. The number of sulfonamides is 1. The van der Waals surface area contributed by atoms with Crippen LogP contribution < -0.4 is 5.32 Å². The molecule has 1 aliphatic rings. The zero-order valence-corrected chi connectivity index (χ0v) is 16.8. The van der Waals surface area contributed by atoms with Gasteiger partial charge < -0.3 is 5.32 Å². The second-order valence-corrected chi connectivity index (χ2v) is 9.60. The molecule has 146 valence electrons. The van der Waals surface area contributed by atoms with E-state index in [1.54, 1.807) is 12.1 Å². The van der Waals surface area contributed by atoms with Crippen LogP contribution in [0.5, 0.6) is 0 Å². The SMILES string of the molecule is CC(C)CCNC(=O)C1CCN(S(=O)(=O)c2ccc3ccccc3c2)CC1. The number of carbonyl (C=O) groups excluding carboxylic acids is 1. The lowest BCUT2D eigenvalue weighted by Gasteiger charge is -2.30. The van der Waals surface area contributed by atoms with Crippen molar-refractivity contribution < 1.29 is 13.2 Å². The number of nitrogens with one attached hydrogen (secondary N) is 1. The monoisotopic (exact) mass is 388 g/mol. The number of amides is 1. The molecule has 0 spiro atoms. The highest BCUT2D eigenvalue weighted by molar-refractivity contribution is 7.89. The summed E-state index contributed by atoms with van der Waals surface area (Å²) in [6, 6.07) is 13.0. The lowest BCUT2D eigenvalue weighted by molar-refractivity contribution is -0.126. The number of piperidine rings is 1. The van der Waals surface area contributed by atoms with Crippen LogP contribution in [0.3, 0.4) is 0 Å². The Hall–Kier alpha value is -1.92. The van der Waals surface area contributed by atoms with Gasteiger partial charge in [-0.2, -0.15) is 4.31 Å². The van der Waals surface area contributed by atoms with Crippen LogP contribution in [-0.4, -0.2) is 38.3 Å². The van der Waals surface area contributed by atoms with Gasteiger partial charge in [0.1, 0.15) is 0 Å². The van der Waals surface area contributed by atoms with Gasteiger partial charge in [-0.05, 0) is 48.1 Å². The molecule has 2 aromatic carbocycles. The summed E-state index contributed by atoms with van der Waals surface area (Å²) >= 11 is 0. The van der Waals surface area contributed by atoms with Gasteiger partial charge in [-0.25, -0.2) is 8.42 Å². The van der Waals surface area contributed by atoms with Gasteiger partial charge in [0.15, 0.2) is 0 Å². The van der Waals surface area contributed by atoms with E-state index in [0.29, 0.717) is 43.3 Å². The molecule has 0 saturated carbocycles. The number of fused-ring (bicyclic) bond motifs is 1. The molecule has 27 heavy (non-hydrogen) atoms. The topological polar surface area (TPSA) is 66.5 Å². The van der Waals surface area contributed by atoms with Gasteiger partial charge in [0.25, 0.3) is 0 Å². The lowest BCUT2D eigenvalue weighted by atomic mass is 9.97. The predicted octanol–water partition coefficient (Wildman–Crippen LogP) is 3.40. The molecule has 0 aliphatic carbocycles. The van der Waals surface area contributed by atoms with E-state index < -0.39 is 10.0 Å². The van der Waals surface area contributed by atoms with Crippen molar-refractivity contribution in [2.45, 2.75) is 38.0 Å². The Labute approximate surface area is 161 Å². The Morgan fingerprint density at radius 2 is 1.78 bits per heavy atom. The van der Waals surface area contributed by atoms with Crippen LogP contribution in [0.1, 0.15) is 33.1 Å². The van der Waals surface area contributed by atoms with Gasteiger partial charge in [-0.1, -0.05) is 44.2 Å². The number of hydrogen-bond donors (Lipinski definition) is 1. The molecule has 6 heteroatoms. The van der Waals surface area contributed by atoms with Crippen LogP contribution in [0.15, 0.2) is 47.4 Å². The summed E-state index contributed by atoms with van der Waals surface area (Å²) in [6.45, 7) is 5.71. The van der Waals surface area contributed by atoms with Crippen molar-refractivity contribution in [3.63, 3.8) is 0 Å². The van der Waals surface area contributed by atoms with Crippen molar-refractivity contribution >= 4 is 26.7 Å². The summed E-state index contributed by atoms with van der Waals surface area (Å²) in [4.78, 5) is 12.6. The Morgan fingerprint density at radius 3 is 2.44 bits per heavy atom. The number of nitrogens with zero attached hydrogens (tertiary/aromatic N) is 1. The largest absolute Gasteiger partial charge is 0.356 e. The zero-order valence-electron chi connectivity index (χ0n) is 16.0. The van der Waals surface area contributed by atoms with Crippen LogP contribution in [0, 0.1) is 11.8 Å². The summed E-state index contributed by atoms with van der Waals surface area (Å²) < 4.78 is 27.5. The van der Waals surface area contributed by atoms with E-state index in [-0.39, 0.29) is 11.8 Å². The number of hydrogen-bond acceptors (Lipinski definition) is 3. The van der Waals surface area contributed by atoms with Gasteiger partial charge >= 0.3 is 0 Å². The van der Waals surface area contributed by atoms with E-state index in [2.05, 4.69) is 19.2 Å². The second kappa shape index (κ2) is 8.40. The highest BCUT2D eigenvalue weighted by Gasteiger charge is 2.32. The summed E-state index contributed by atoms with van der Waals surface area (Å²) in [7, 11) is -3.53. The molecule has 1 N–H and O–H groups in total. The maximum Gasteiger partial charge on any atom is 0.243 e. The quantitative estimate of drug-likeness (QED) is 0.825. The van der Waals surface area contributed by atoms with Gasteiger partial charge in [-0.15, -0.1) is 0 Å². The van der Waals surface area contributed by atoms with Gasteiger partial charge in [-0.3, -0.25) is 4.79 Å². The average Bonchev–Trinajstić information content (AvgIpc) is 2.67. The van der Waals surface area contributed by atoms with Crippen LogP contribution in [0.2, 0.25) is 0 Å². The molecule has 1 fully saturated rings. The van der Waals surface area contributed by atoms with Gasteiger partial charge in [0.05, 0.1) is 4.90 Å². The highest BCUT2D eigenvalue weighted by atomic mass is 32.2. The molecule has 1 aliphatic heterocycles. The van der Waals surface area contributed by atoms with Crippen molar-refractivity contribution in [3.8, 4) is 0 Å². The number of carbonyl (C=O) groups is 1. The Kier molecular flexibility index (Phi) is 6.17. The highest BCUT2D eigenvalue weighted by Crippen LogP contribution is 2.26. The third kappa shape index (κ3) is 4.68. The normalized spacial score (nSPS) is 16.7. The number of benzene rings is 2. The first-order valence-electron chi connectivity index (χ1n) is 9.64. The fourth-order valence-corrected chi connectivity index (χ4v) is 4.97. The van der Waals surface area contributed by atoms with Crippen molar-refractivity contribution in [2.75, 3.05) is 19.6 Å². The Morgan fingerprint density at radius 1 is 1.11 bits per heavy atom. The smallest absolute Gasteiger partial charge is 0.243 e. The molecule has 0 atom stereocenters. The molecule has 1 amide bonds. The van der Waals surface area contributed by atoms with E-state index in [9.17, 15) is 13.2 Å². The van der Waals surface area contributed by atoms with Crippen LogP contribution in [0.4, 0.5) is 0 Å². The standard InChI is InChI=1S/C21H28N2O3S/c1-16(2)9-12-22-21(24)18-10-13-23(14-11-18)27(25,26)20-8-7-17-5-3-4-6-19(17)15-20/h3-8,15-16,18H,9-14H2,1-2H3,(H,22,24). The molecule has 0 bridgehead atoms. The van der Waals surface area contributed by atoms with Crippen molar-refractivity contribution in [3.05, 3.63) is 42.5 Å². The maximum absolute atomic E-state index is 13.0. The van der Waals surface area contributed by atoms with E-state index in [0.717, 1.165) is 17.2 Å². The summed E-state index contributed by atoms with van der Waals surface area (Å²) in [5, 5.41) is 4.92. The molecule has 1 saturated heterocycles. The molecule has 1 heterocycles. The minimum atomic E-state index is -3.53. The van der Waals surface area contributed by atoms with Crippen LogP contribution in [-0.2, 0) is 14.8 Å². The first-order chi connectivity index (χ1) is 12.9. The minimum absolute atomic E-state index is 0.0541. The third-order valence-electron chi connectivity index (χ3n) is 5.20. The summed E-state index contributed by atoms with van der Waals surface area (Å²) in [6.07, 6.45) is 2.10. The van der Waals surface area contributed by atoms with Gasteiger partial charge in [0, 0.05) is 25.6 Å². The van der Waals surface area contributed by atoms with E-state index in [4.69, 9.17) is 0 Å². The molecule has 3 rings (SSSR count). The lowest BCUT2D eigenvalue weighted by Crippen LogP contribution is -2.43. The van der Waals surface area contributed by atoms with Crippen LogP contribution in [0.25, 0.3) is 10.8 Å². The Balaban J connectivity index is 1.63. The van der Waals surface area contributed by atoms with Crippen molar-refractivity contribution in [1.29, 1.82) is 0 Å². The van der Waals surface area contributed by atoms with E-state index in [1.165, 1.54) is 4.31 Å². The van der Waals surface area contributed by atoms with Crippen molar-refractivity contribution in [2.24, 2.45) is 11.8 Å². The number of rotatable bonds is 6. The molecule has 0 radical (unpaired) electrons. The zero-order chi connectivity index (χ0) is 19.4. The van der Waals surface area contributed by atoms with E-state index >= 15 is 0 Å². The first kappa shape index (κ1) is 19.8. The summed E-state index contributed by atoms with van der Waals surface area (Å²) in [5.41, 5.74) is 0. The first-order valence-corrected chi connectivity index (χ1v) is 11.1. The minimum Gasteiger partial charge on any atom is -0.356 e. The fourth-order valence-electron chi connectivity index (χ4n) is 3.46. The molecule has 0 aromatic heterocycles. The van der Waals surface area contributed by atoms with Crippen molar-refractivity contribution in [1.82, 2.24) is 9.62 Å². The van der Waals surface area contributed by atoms with Crippen LogP contribution >= 0.6 is 0 Å². The fraction of sp³-hybridized carbons (Fsp3) is 0.476. The molecule has 0 unspecified atom stereocenters. The summed E-state index contributed by atoms with van der Waals surface area (Å²) in [5.74, 6) is 0.512. The molecular formula is C21H28N2O3S. The molecule has 5 nitrogen and oxygen atoms in total.